The second kappa shape index (κ2) is 2.78. The largest absolute Gasteiger partial charge is 0.0620 e. The Morgan fingerprint density at radius 1 is 0.867 bits per heavy atom. The van der Waals surface area contributed by atoms with Crippen LogP contribution in [0.5, 0.6) is 0 Å². The maximum atomic E-state index is 3.75. The Balaban J connectivity index is 1.89. The van der Waals surface area contributed by atoms with Gasteiger partial charge in [0.2, 0.25) is 0 Å². The molecule has 3 aliphatic rings. The minimum absolute atomic E-state index is 0.754. The van der Waals surface area contributed by atoms with E-state index in [0.29, 0.717) is 0 Å². The summed E-state index contributed by atoms with van der Waals surface area (Å²) in [6, 6.07) is 8.97. The normalized spacial score (nSPS) is 40.1. The summed E-state index contributed by atoms with van der Waals surface area (Å²) in [7, 11) is 0. The molecule has 2 heteroatoms. The van der Waals surface area contributed by atoms with E-state index in [1.807, 2.05) is 0 Å². The monoisotopic (exact) mass is 324 g/mol. The van der Waals surface area contributed by atoms with Crippen LogP contribution in [0.15, 0.2) is 33.2 Å². The predicted molar refractivity (Wildman–Crippen MR) is 68.4 cm³/mol. The van der Waals surface area contributed by atoms with Crippen LogP contribution in [-0.2, 0) is 0 Å². The number of hydrogen-bond donors (Lipinski definition) is 0. The predicted octanol–water partition coefficient (Wildman–Crippen LogP) is 4.52. The molecule has 3 aliphatic carbocycles. The molecule has 0 saturated heterocycles. The molecule has 0 aromatic heterocycles. The van der Waals surface area contributed by atoms with E-state index < -0.39 is 0 Å². The number of hydrogen-bond acceptors (Lipinski definition) is 0. The van der Waals surface area contributed by atoms with E-state index in [1.165, 1.54) is 15.4 Å². The number of halogens is 2. The van der Waals surface area contributed by atoms with Gasteiger partial charge >= 0.3 is 0 Å². The van der Waals surface area contributed by atoms with Gasteiger partial charge in [-0.25, -0.2) is 0 Å². The van der Waals surface area contributed by atoms with Crippen LogP contribution in [0.2, 0.25) is 0 Å². The third-order valence-corrected chi connectivity index (χ3v) is 6.92. The molecule has 0 amide bonds. The van der Waals surface area contributed by atoms with Crippen molar-refractivity contribution < 1.29 is 0 Å². The summed E-state index contributed by atoms with van der Waals surface area (Å²) in [6.45, 7) is 0. The van der Waals surface area contributed by atoms with Crippen LogP contribution in [0.3, 0.4) is 0 Å². The van der Waals surface area contributed by atoms with Gasteiger partial charge in [0.05, 0.1) is 0 Å². The van der Waals surface area contributed by atoms with Crippen molar-refractivity contribution in [3.05, 3.63) is 44.4 Å². The first-order chi connectivity index (χ1) is 7.29. The molecule has 0 unspecified atom stereocenters. The van der Waals surface area contributed by atoms with Crippen LogP contribution in [0.4, 0.5) is 0 Å². The molecule has 2 bridgehead atoms. The van der Waals surface area contributed by atoms with Gasteiger partial charge in [-0.1, -0.05) is 56.1 Å². The Kier molecular flexibility index (Phi) is 1.67. The molecule has 4 rings (SSSR count). The summed E-state index contributed by atoms with van der Waals surface area (Å²) >= 11 is 7.49. The highest BCUT2D eigenvalue weighted by Gasteiger charge is 2.57. The second-order valence-corrected chi connectivity index (χ2v) is 6.53. The van der Waals surface area contributed by atoms with E-state index in [2.05, 4.69) is 56.1 Å². The van der Waals surface area contributed by atoms with Gasteiger partial charge in [-0.05, 0) is 41.2 Å². The topological polar surface area (TPSA) is 0 Å². The molecule has 0 heterocycles. The maximum Gasteiger partial charge on any atom is 0.00924 e. The molecule has 0 N–H and O–H groups in total. The molecular weight excluding hydrogens is 316 g/mol. The van der Waals surface area contributed by atoms with Gasteiger partial charge in [0, 0.05) is 8.96 Å². The summed E-state index contributed by atoms with van der Waals surface area (Å²) < 4.78 is 2.87. The molecule has 1 saturated carbocycles. The van der Waals surface area contributed by atoms with Crippen molar-refractivity contribution in [3.8, 4) is 0 Å². The van der Waals surface area contributed by atoms with Crippen molar-refractivity contribution in [1.29, 1.82) is 0 Å². The zero-order chi connectivity index (χ0) is 10.2. The smallest absolute Gasteiger partial charge is 0.00924 e. The Morgan fingerprint density at radius 2 is 1.33 bits per heavy atom. The molecule has 0 nitrogen and oxygen atoms in total. The van der Waals surface area contributed by atoms with Gasteiger partial charge < -0.3 is 0 Å². The van der Waals surface area contributed by atoms with Crippen molar-refractivity contribution in [2.24, 2.45) is 11.8 Å². The first-order valence-corrected chi connectivity index (χ1v) is 7.01. The van der Waals surface area contributed by atoms with Crippen molar-refractivity contribution in [2.45, 2.75) is 18.3 Å². The molecule has 0 spiro atoms. The lowest BCUT2D eigenvalue weighted by Crippen LogP contribution is -2.29. The van der Waals surface area contributed by atoms with Crippen LogP contribution in [0.25, 0.3) is 0 Å². The van der Waals surface area contributed by atoms with Crippen LogP contribution in [0.1, 0.15) is 29.4 Å². The molecular formula is C13H10Br2. The van der Waals surface area contributed by atoms with Crippen molar-refractivity contribution in [3.63, 3.8) is 0 Å². The molecule has 1 aromatic rings. The van der Waals surface area contributed by atoms with E-state index in [0.717, 1.165) is 23.7 Å². The molecule has 0 radical (unpaired) electrons. The zero-order valence-corrected chi connectivity index (χ0v) is 11.3. The zero-order valence-electron chi connectivity index (χ0n) is 8.08. The fourth-order valence-electron chi connectivity index (χ4n) is 3.79. The van der Waals surface area contributed by atoms with E-state index in [9.17, 15) is 0 Å². The SMILES string of the molecule is BrC1=C(Br)[C@@H]2C[C@H]1[C@H]1c3ccccc3[C@H]12. The lowest BCUT2D eigenvalue weighted by atomic mass is 9.63. The third kappa shape index (κ3) is 0.898. The highest BCUT2D eigenvalue weighted by molar-refractivity contribution is 9.14. The Bertz CT molecular complexity index is 446. The summed E-state index contributed by atoms with van der Waals surface area (Å²) in [5, 5.41) is 0. The lowest BCUT2D eigenvalue weighted by Gasteiger charge is -2.42. The van der Waals surface area contributed by atoms with Gasteiger partial charge in [0.1, 0.15) is 0 Å². The Morgan fingerprint density at radius 3 is 1.80 bits per heavy atom. The summed E-state index contributed by atoms with van der Waals surface area (Å²) in [6.07, 6.45) is 1.34. The molecule has 0 aliphatic heterocycles. The van der Waals surface area contributed by atoms with Gasteiger partial charge in [0.25, 0.3) is 0 Å². The fraction of sp³-hybridized carbons (Fsp3) is 0.385. The summed E-state index contributed by atoms with van der Waals surface area (Å²) in [5.74, 6) is 3.12. The molecule has 1 fully saturated rings. The van der Waals surface area contributed by atoms with Crippen LogP contribution < -0.4 is 0 Å². The quantitative estimate of drug-likeness (QED) is 0.658. The Hall–Kier alpha value is -0.0800. The third-order valence-electron chi connectivity index (χ3n) is 4.36. The number of benzene rings is 1. The van der Waals surface area contributed by atoms with E-state index in [4.69, 9.17) is 0 Å². The highest BCUT2D eigenvalue weighted by Crippen LogP contribution is 2.70. The van der Waals surface area contributed by atoms with Crippen molar-refractivity contribution >= 4 is 31.9 Å². The average Bonchev–Trinajstić information content (AvgIpc) is 2.70. The van der Waals surface area contributed by atoms with Gasteiger partial charge in [0.15, 0.2) is 0 Å². The molecule has 15 heavy (non-hydrogen) atoms. The maximum absolute atomic E-state index is 3.75. The van der Waals surface area contributed by atoms with Crippen LogP contribution in [-0.4, -0.2) is 0 Å². The lowest BCUT2D eigenvalue weighted by molar-refractivity contribution is 0.438. The summed E-state index contributed by atoms with van der Waals surface area (Å²) in [5.41, 5.74) is 3.21. The van der Waals surface area contributed by atoms with E-state index in [1.54, 1.807) is 11.1 Å². The summed E-state index contributed by atoms with van der Waals surface area (Å²) in [4.78, 5) is 0. The number of allylic oxidation sites excluding steroid dienone is 2. The Labute approximate surface area is 106 Å². The van der Waals surface area contributed by atoms with Gasteiger partial charge in [-0.15, -0.1) is 0 Å². The van der Waals surface area contributed by atoms with Crippen LogP contribution in [0, 0.1) is 11.8 Å². The molecule has 1 aromatic carbocycles. The highest BCUT2D eigenvalue weighted by atomic mass is 79.9. The number of fused-ring (bicyclic) bond motifs is 8. The standard InChI is InChI=1S/C13H10Br2/c14-12-8-5-9(13(12)15)11-7-4-2-1-3-6(7)10(8)11/h1-4,8-11H,5H2/t8-,9+,10+,11-. The van der Waals surface area contributed by atoms with Crippen molar-refractivity contribution in [1.82, 2.24) is 0 Å². The van der Waals surface area contributed by atoms with E-state index in [-0.39, 0.29) is 0 Å². The first-order valence-electron chi connectivity index (χ1n) is 5.43. The van der Waals surface area contributed by atoms with E-state index >= 15 is 0 Å². The minimum Gasteiger partial charge on any atom is -0.0620 e. The number of rotatable bonds is 0. The van der Waals surface area contributed by atoms with Crippen molar-refractivity contribution in [2.75, 3.05) is 0 Å². The van der Waals surface area contributed by atoms with Gasteiger partial charge in [-0.3, -0.25) is 0 Å². The molecule has 4 atom stereocenters. The minimum atomic E-state index is 0.754. The first kappa shape index (κ1) is 9.00. The molecule has 76 valence electrons. The van der Waals surface area contributed by atoms with Gasteiger partial charge in [-0.2, -0.15) is 0 Å². The van der Waals surface area contributed by atoms with Crippen LogP contribution >= 0.6 is 31.9 Å². The fourth-order valence-corrected chi connectivity index (χ4v) is 5.32. The second-order valence-electron chi connectivity index (χ2n) is 4.83. The average molecular weight is 326 g/mol.